The molecule has 0 saturated carbocycles. The van der Waals surface area contributed by atoms with E-state index in [0.29, 0.717) is 38.9 Å². The second-order valence-corrected chi connectivity index (χ2v) is 4.54. The number of carboxylic acid groups (broad SMARTS) is 1. The van der Waals surface area contributed by atoms with Gasteiger partial charge in [-0.2, -0.15) is 0 Å². The molecule has 1 unspecified atom stereocenters. The van der Waals surface area contributed by atoms with Gasteiger partial charge < -0.3 is 15.7 Å². The average Bonchev–Trinajstić information content (AvgIpc) is 2.28. The van der Waals surface area contributed by atoms with Crippen LogP contribution in [0.2, 0.25) is 0 Å². The molecule has 0 spiro atoms. The van der Waals surface area contributed by atoms with Crippen molar-refractivity contribution in [3.63, 3.8) is 0 Å². The van der Waals surface area contributed by atoms with Crippen molar-refractivity contribution < 1.29 is 14.7 Å². The van der Waals surface area contributed by atoms with E-state index in [1.54, 1.807) is 4.90 Å². The number of carbonyl (C=O) groups excluding carboxylic acids is 1. The number of nitrogens with two attached hydrogens (primary N) is 1. The fraction of sp³-hybridized carbons (Fsp3) is 0.818. The summed E-state index contributed by atoms with van der Waals surface area (Å²) in [6.07, 6.45) is 1.60. The van der Waals surface area contributed by atoms with E-state index < -0.39 is 5.97 Å². The van der Waals surface area contributed by atoms with Crippen LogP contribution in [0.5, 0.6) is 0 Å². The number of hydrogen-bond donors (Lipinski definition) is 2. The quantitative estimate of drug-likeness (QED) is 0.724. The van der Waals surface area contributed by atoms with Gasteiger partial charge in [0.25, 0.3) is 0 Å². The predicted molar refractivity (Wildman–Crippen MR) is 59.8 cm³/mol. The summed E-state index contributed by atoms with van der Waals surface area (Å²) in [6, 6.07) is 0. The van der Waals surface area contributed by atoms with Crippen LogP contribution in [-0.2, 0) is 9.59 Å². The van der Waals surface area contributed by atoms with Crippen molar-refractivity contribution in [3.8, 4) is 0 Å². The molecule has 0 aromatic carbocycles. The molecule has 1 aliphatic heterocycles. The van der Waals surface area contributed by atoms with Crippen molar-refractivity contribution in [1.29, 1.82) is 0 Å². The summed E-state index contributed by atoms with van der Waals surface area (Å²) in [6.45, 7) is 3.58. The molecule has 5 nitrogen and oxygen atoms in total. The SMILES string of the molecule is CC(CN)CC(=O)N1CCC(C(=O)O)CC1. The van der Waals surface area contributed by atoms with E-state index in [2.05, 4.69) is 0 Å². The first kappa shape index (κ1) is 13.0. The minimum absolute atomic E-state index is 0.0989. The van der Waals surface area contributed by atoms with Gasteiger partial charge in [-0.1, -0.05) is 6.92 Å². The molecule has 16 heavy (non-hydrogen) atoms. The maximum Gasteiger partial charge on any atom is 0.306 e. The van der Waals surface area contributed by atoms with Crippen molar-refractivity contribution in [2.45, 2.75) is 26.2 Å². The Labute approximate surface area is 95.6 Å². The van der Waals surface area contributed by atoms with E-state index in [1.807, 2.05) is 6.92 Å². The molecule has 1 atom stereocenters. The summed E-state index contributed by atoms with van der Waals surface area (Å²) in [7, 11) is 0. The highest BCUT2D eigenvalue weighted by Gasteiger charge is 2.27. The van der Waals surface area contributed by atoms with Gasteiger partial charge in [-0.25, -0.2) is 0 Å². The van der Waals surface area contributed by atoms with Crippen molar-refractivity contribution in [3.05, 3.63) is 0 Å². The van der Waals surface area contributed by atoms with E-state index in [9.17, 15) is 9.59 Å². The number of likely N-dealkylation sites (tertiary alicyclic amines) is 1. The zero-order valence-corrected chi connectivity index (χ0v) is 9.69. The smallest absolute Gasteiger partial charge is 0.306 e. The number of nitrogens with zero attached hydrogens (tertiary/aromatic N) is 1. The Bertz CT molecular complexity index is 260. The predicted octanol–water partition coefficient (Wildman–Crippen LogP) is 0.295. The van der Waals surface area contributed by atoms with E-state index in [4.69, 9.17) is 10.8 Å². The molecular weight excluding hydrogens is 208 g/mol. The number of carbonyl (C=O) groups is 2. The number of piperidine rings is 1. The standard InChI is InChI=1S/C11H20N2O3/c1-8(7-12)6-10(14)13-4-2-9(3-5-13)11(15)16/h8-9H,2-7,12H2,1H3,(H,15,16). The minimum Gasteiger partial charge on any atom is -0.481 e. The number of aliphatic carboxylic acids is 1. The molecule has 1 aliphatic rings. The van der Waals surface area contributed by atoms with Crippen LogP contribution in [0.3, 0.4) is 0 Å². The zero-order chi connectivity index (χ0) is 12.1. The van der Waals surface area contributed by atoms with Gasteiger partial charge in [0.05, 0.1) is 5.92 Å². The van der Waals surface area contributed by atoms with E-state index in [1.165, 1.54) is 0 Å². The summed E-state index contributed by atoms with van der Waals surface area (Å²) >= 11 is 0. The van der Waals surface area contributed by atoms with Gasteiger partial charge in [-0.15, -0.1) is 0 Å². The highest BCUT2D eigenvalue weighted by atomic mass is 16.4. The normalized spacial score (nSPS) is 19.5. The van der Waals surface area contributed by atoms with E-state index in [0.717, 1.165) is 0 Å². The van der Waals surface area contributed by atoms with E-state index in [-0.39, 0.29) is 17.7 Å². The van der Waals surface area contributed by atoms with Crippen LogP contribution in [0.25, 0.3) is 0 Å². The molecule has 0 radical (unpaired) electrons. The minimum atomic E-state index is -0.748. The molecule has 1 rings (SSSR count). The lowest BCUT2D eigenvalue weighted by molar-refractivity contribution is -0.145. The maximum atomic E-state index is 11.8. The second-order valence-electron chi connectivity index (χ2n) is 4.54. The van der Waals surface area contributed by atoms with Crippen LogP contribution >= 0.6 is 0 Å². The topological polar surface area (TPSA) is 83.6 Å². The molecule has 0 aliphatic carbocycles. The van der Waals surface area contributed by atoms with Gasteiger partial charge in [-0.05, 0) is 25.3 Å². The van der Waals surface area contributed by atoms with Crippen molar-refractivity contribution >= 4 is 11.9 Å². The number of hydrogen-bond acceptors (Lipinski definition) is 3. The fourth-order valence-corrected chi connectivity index (χ4v) is 1.89. The van der Waals surface area contributed by atoms with Crippen molar-refractivity contribution in [1.82, 2.24) is 4.90 Å². The largest absolute Gasteiger partial charge is 0.481 e. The van der Waals surface area contributed by atoms with Gasteiger partial charge in [0.1, 0.15) is 0 Å². The summed E-state index contributed by atoms with van der Waals surface area (Å²) in [5.74, 6) is -0.732. The van der Waals surface area contributed by atoms with Gasteiger partial charge in [-0.3, -0.25) is 9.59 Å². The summed E-state index contributed by atoms with van der Waals surface area (Å²) in [4.78, 5) is 24.3. The number of carboxylic acids is 1. The lowest BCUT2D eigenvalue weighted by Gasteiger charge is -2.30. The van der Waals surface area contributed by atoms with Gasteiger partial charge in [0.2, 0.25) is 5.91 Å². The van der Waals surface area contributed by atoms with Crippen LogP contribution in [0, 0.1) is 11.8 Å². The Kier molecular flexibility index (Phi) is 4.73. The summed E-state index contributed by atoms with van der Waals surface area (Å²) in [5.41, 5.74) is 5.46. The van der Waals surface area contributed by atoms with Gasteiger partial charge in [0.15, 0.2) is 0 Å². The lowest BCUT2D eigenvalue weighted by atomic mass is 9.96. The Balaban J connectivity index is 2.36. The molecular formula is C11H20N2O3. The Morgan fingerprint density at radius 1 is 1.44 bits per heavy atom. The first-order valence-corrected chi connectivity index (χ1v) is 5.75. The molecule has 0 aromatic heterocycles. The molecule has 92 valence electrons. The monoisotopic (exact) mass is 228 g/mol. The third-order valence-corrected chi connectivity index (χ3v) is 3.12. The van der Waals surface area contributed by atoms with Crippen molar-refractivity contribution in [2.75, 3.05) is 19.6 Å². The van der Waals surface area contributed by atoms with E-state index >= 15 is 0 Å². The summed E-state index contributed by atoms with van der Waals surface area (Å²) < 4.78 is 0. The first-order valence-electron chi connectivity index (χ1n) is 5.75. The van der Waals surface area contributed by atoms with Crippen LogP contribution in [0.4, 0.5) is 0 Å². The molecule has 1 amide bonds. The van der Waals surface area contributed by atoms with Crippen molar-refractivity contribution in [2.24, 2.45) is 17.6 Å². The fourth-order valence-electron chi connectivity index (χ4n) is 1.89. The average molecular weight is 228 g/mol. The lowest BCUT2D eigenvalue weighted by Crippen LogP contribution is -2.41. The number of rotatable bonds is 4. The summed E-state index contributed by atoms with van der Waals surface area (Å²) in [5, 5.41) is 8.83. The Morgan fingerprint density at radius 3 is 2.44 bits per heavy atom. The molecule has 0 aromatic rings. The highest BCUT2D eigenvalue weighted by Crippen LogP contribution is 2.18. The molecule has 1 heterocycles. The van der Waals surface area contributed by atoms with Crippen LogP contribution in [0.1, 0.15) is 26.2 Å². The molecule has 1 fully saturated rings. The van der Waals surface area contributed by atoms with Gasteiger partial charge >= 0.3 is 5.97 Å². The highest BCUT2D eigenvalue weighted by molar-refractivity contribution is 5.77. The third-order valence-electron chi connectivity index (χ3n) is 3.12. The molecule has 3 N–H and O–H groups in total. The first-order chi connectivity index (χ1) is 7.54. The maximum absolute atomic E-state index is 11.8. The molecule has 0 bridgehead atoms. The zero-order valence-electron chi connectivity index (χ0n) is 9.69. The molecule has 1 saturated heterocycles. The Morgan fingerprint density at radius 2 is 2.00 bits per heavy atom. The van der Waals surface area contributed by atoms with Gasteiger partial charge in [0, 0.05) is 19.5 Å². The number of amides is 1. The molecule has 5 heteroatoms. The van der Waals surface area contributed by atoms with Crippen LogP contribution in [-0.4, -0.2) is 41.5 Å². The van der Waals surface area contributed by atoms with Crippen LogP contribution < -0.4 is 5.73 Å². The Hall–Kier alpha value is -1.10. The second kappa shape index (κ2) is 5.84. The van der Waals surface area contributed by atoms with Crippen LogP contribution in [0.15, 0.2) is 0 Å². The third kappa shape index (κ3) is 3.48.